The van der Waals surface area contributed by atoms with Crippen LogP contribution in [0.3, 0.4) is 0 Å². The summed E-state index contributed by atoms with van der Waals surface area (Å²) in [5.41, 5.74) is 2.09. The molecule has 1 aliphatic heterocycles. The molecule has 0 radical (unpaired) electrons. The van der Waals surface area contributed by atoms with Crippen LogP contribution in [0.5, 0.6) is 0 Å². The zero-order valence-corrected chi connectivity index (χ0v) is 18.2. The number of carbonyl (C=O) groups excluding carboxylic acids is 1. The maximum absolute atomic E-state index is 13.1. The molecule has 0 spiro atoms. The first-order valence-electron chi connectivity index (χ1n) is 9.54. The molecule has 2 atom stereocenters. The molecule has 4 nitrogen and oxygen atoms in total. The van der Waals surface area contributed by atoms with Gasteiger partial charge in [-0.1, -0.05) is 47.1 Å². The van der Waals surface area contributed by atoms with Gasteiger partial charge in [0.05, 0.1) is 12.1 Å². The summed E-state index contributed by atoms with van der Waals surface area (Å²) in [6.07, 6.45) is 1.70. The summed E-state index contributed by atoms with van der Waals surface area (Å²) in [6, 6.07) is 14.5. The number of rotatable bonds is 4. The minimum absolute atomic E-state index is 0.00555. The number of nitrogens with zero attached hydrogens (tertiary/aromatic N) is 2. The van der Waals surface area contributed by atoms with E-state index in [9.17, 15) is 9.18 Å². The number of benzene rings is 2. The molecule has 1 heterocycles. The molecule has 0 aromatic heterocycles. The van der Waals surface area contributed by atoms with Gasteiger partial charge >= 0.3 is 6.03 Å². The molecule has 0 saturated carbocycles. The van der Waals surface area contributed by atoms with Crippen molar-refractivity contribution < 1.29 is 14.3 Å². The molecular formula is C22H28BrFN2O2. The first-order chi connectivity index (χ1) is 13.4. The number of aliphatic hydroxyl groups excluding tert-OH is 1. The van der Waals surface area contributed by atoms with E-state index in [1.165, 1.54) is 12.1 Å². The Bertz CT molecular complexity index is 750. The van der Waals surface area contributed by atoms with Gasteiger partial charge in [-0.2, -0.15) is 0 Å². The fourth-order valence-corrected chi connectivity index (χ4v) is 3.51. The van der Waals surface area contributed by atoms with E-state index in [0.717, 1.165) is 28.4 Å². The van der Waals surface area contributed by atoms with Crippen molar-refractivity contribution in [3.8, 4) is 0 Å². The highest BCUT2D eigenvalue weighted by Gasteiger charge is 2.34. The highest BCUT2D eigenvalue weighted by atomic mass is 79.9. The van der Waals surface area contributed by atoms with Crippen molar-refractivity contribution in [2.24, 2.45) is 0 Å². The van der Waals surface area contributed by atoms with Crippen LogP contribution in [0.1, 0.15) is 49.9 Å². The van der Waals surface area contributed by atoms with E-state index in [-0.39, 0.29) is 23.9 Å². The highest BCUT2D eigenvalue weighted by molar-refractivity contribution is 9.10. The van der Waals surface area contributed by atoms with Crippen LogP contribution >= 0.6 is 15.9 Å². The van der Waals surface area contributed by atoms with Crippen LogP contribution in [-0.2, 0) is 0 Å². The summed E-state index contributed by atoms with van der Waals surface area (Å²) in [7, 11) is 1.82. The fraction of sp³-hybridized carbons (Fsp3) is 0.409. The lowest BCUT2D eigenvalue weighted by atomic mass is 9.98. The maximum atomic E-state index is 13.1. The standard InChI is InChI=1S/C19H20BrFN2O.C3H8O/c1-13(14-3-7-16(20)8-4-14)23-12-11-18(22(2)19(23)24)15-5-9-17(21)10-6-15;1-2-3-4/h3-10,13,18H,11-12H2,1-2H3;4H,2-3H2,1H3. The Balaban J connectivity index is 0.000000640. The number of carbonyl (C=O) groups is 1. The van der Waals surface area contributed by atoms with E-state index in [2.05, 4.69) is 15.9 Å². The lowest BCUT2D eigenvalue weighted by Crippen LogP contribution is -2.49. The Kier molecular flexibility index (Phi) is 8.45. The van der Waals surface area contributed by atoms with E-state index in [0.29, 0.717) is 13.2 Å². The van der Waals surface area contributed by atoms with E-state index in [1.54, 1.807) is 17.0 Å². The van der Waals surface area contributed by atoms with Gasteiger partial charge in [-0.15, -0.1) is 0 Å². The van der Waals surface area contributed by atoms with Crippen molar-refractivity contribution in [1.29, 1.82) is 0 Å². The van der Waals surface area contributed by atoms with E-state index >= 15 is 0 Å². The second kappa shape index (κ2) is 10.6. The van der Waals surface area contributed by atoms with Crippen LogP contribution in [0.25, 0.3) is 0 Å². The van der Waals surface area contributed by atoms with Gasteiger partial charge in [0.25, 0.3) is 0 Å². The van der Waals surface area contributed by atoms with Crippen LogP contribution in [-0.4, -0.2) is 41.1 Å². The van der Waals surface area contributed by atoms with Gasteiger partial charge in [-0.3, -0.25) is 0 Å². The van der Waals surface area contributed by atoms with E-state index < -0.39 is 0 Å². The minimum Gasteiger partial charge on any atom is -0.396 e. The molecule has 2 amide bonds. The summed E-state index contributed by atoms with van der Waals surface area (Å²) in [4.78, 5) is 16.5. The number of halogens is 2. The third kappa shape index (κ3) is 5.55. The highest BCUT2D eigenvalue weighted by Crippen LogP contribution is 2.33. The van der Waals surface area contributed by atoms with Crippen LogP contribution in [0.2, 0.25) is 0 Å². The topological polar surface area (TPSA) is 43.8 Å². The summed E-state index contributed by atoms with van der Waals surface area (Å²) in [6.45, 7) is 4.98. The average molecular weight is 451 g/mol. The van der Waals surface area contributed by atoms with Crippen molar-refractivity contribution in [1.82, 2.24) is 9.80 Å². The molecule has 28 heavy (non-hydrogen) atoms. The van der Waals surface area contributed by atoms with E-state index in [1.807, 2.05) is 50.1 Å². The Morgan fingerprint density at radius 2 is 1.75 bits per heavy atom. The number of amides is 2. The predicted molar refractivity (Wildman–Crippen MR) is 114 cm³/mol. The van der Waals surface area contributed by atoms with Crippen LogP contribution < -0.4 is 0 Å². The zero-order valence-electron chi connectivity index (χ0n) is 16.6. The lowest BCUT2D eigenvalue weighted by molar-refractivity contribution is 0.0953. The molecule has 3 rings (SSSR count). The van der Waals surface area contributed by atoms with Crippen LogP contribution in [0.15, 0.2) is 53.0 Å². The summed E-state index contributed by atoms with van der Waals surface area (Å²) >= 11 is 3.44. The smallest absolute Gasteiger partial charge is 0.320 e. The molecule has 1 aliphatic rings. The lowest BCUT2D eigenvalue weighted by Gasteiger charge is -2.42. The third-order valence-corrected chi connectivity index (χ3v) is 5.49. The second-order valence-corrected chi connectivity index (χ2v) is 7.81. The first-order valence-corrected chi connectivity index (χ1v) is 10.3. The van der Waals surface area contributed by atoms with Gasteiger partial charge in [0, 0.05) is 24.7 Å². The second-order valence-electron chi connectivity index (χ2n) is 6.89. The molecule has 6 heteroatoms. The van der Waals surface area contributed by atoms with Crippen molar-refractivity contribution >= 4 is 22.0 Å². The molecular weight excluding hydrogens is 423 g/mol. The molecule has 1 saturated heterocycles. The number of hydrogen-bond donors (Lipinski definition) is 1. The maximum Gasteiger partial charge on any atom is 0.320 e. The zero-order chi connectivity index (χ0) is 20.7. The largest absolute Gasteiger partial charge is 0.396 e. The Morgan fingerprint density at radius 3 is 2.29 bits per heavy atom. The molecule has 1 N–H and O–H groups in total. The third-order valence-electron chi connectivity index (χ3n) is 4.96. The molecule has 0 bridgehead atoms. The summed E-state index contributed by atoms with van der Waals surface area (Å²) in [5.74, 6) is -0.256. The molecule has 2 aromatic rings. The monoisotopic (exact) mass is 450 g/mol. The SMILES string of the molecule is CC(c1ccc(Br)cc1)N1CCC(c2ccc(F)cc2)N(C)C1=O.CCCO. The number of hydrogen-bond acceptors (Lipinski definition) is 2. The Morgan fingerprint density at radius 1 is 1.18 bits per heavy atom. The van der Waals surface area contributed by atoms with Crippen molar-refractivity contribution in [2.45, 2.75) is 38.8 Å². The van der Waals surface area contributed by atoms with Gasteiger partial charge in [-0.05, 0) is 55.2 Å². The molecule has 2 aromatic carbocycles. The van der Waals surface area contributed by atoms with Crippen molar-refractivity contribution in [2.75, 3.05) is 20.2 Å². The van der Waals surface area contributed by atoms with Gasteiger partial charge in [0.15, 0.2) is 0 Å². The Labute approximate surface area is 175 Å². The summed E-state index contributed by atoms with van der Waals surface area (Å²) < 4.78 is 14.1. The van der Waals surface area contributed by atoms with Crippen molar-refractivity contribution in [3.63, 3.8) is 0 Å². The first kappa shape index (κ1) is 22.4. The summed E-state index contributed by atoms with van der Waals surface area (Å²) in [5, 5.41) is 7.88. The van der Waals surface area contributed by atoms with E-state index in [4.69, 9.17) is 5.11 Å². The van der Waals surface area contributed by atoms with Crippen molar-refractivity contribution in [3.05, 3.63) is 69.9 Å². The van der Waals surface area contributed by atoms with Crippen LogP contribution in [0.4, 0.5) is 9.18 Å². The van der Waals surface area contributed by atoms with Gasteiger partial charge < -0.3 is 14.9 Å². The quantitative estimate of drug-likeness (QED) is 0.664. The fourth-order valence-electron chi connectivity index (χ4n) is 3.24. The number of urea groups is 1. The molecule has 1 fully saturated rings. The molecule has 2 unspecified atom stereocenters. The Hall–Kier alpha value is -1.92. The normalized spacial score (nSPS) is 17.8. The average Bonchev–Trinajstić information content (AvgIpc) is 2.71. The van der Waals surface area contributed by atoms with Crippen LogP contribution in [0, 0.1) is 5.82 Å². The predicted octanol–water partition coefficient (Wildman–Crippen LogP) is 5.54. The molecule has 152 valence electrons. The molecule has 0 aliphatic carbocycles. The number of aliphatic hydroxyl groups is 1. The van der Waals surface area contributed by atoms with Gasteiger partial charge in [-0.25, -0.2) is 9.18 Å². The minimum atomic E-state index is -0.256. The van der Waals surface area contributed by atoms with Gasteiger partial charge in [0.2, 0.25) is 0 Å². The van der Waals surface area contributed by atoms with Gasteiger partial charge in [0.1, 0.15) is 5.82 Å².